The molecule has 0 aliphatic rings. The van der Waals surface area contributed by atoms with Crippen LogP contribution in [0.4, 0.5) is 0 Å². The van der Waals surface area contributed by atoms with E-state index in [9.17, 15) is 4.79 Å². The van der Waals surface area contributed by atoms with Gasteiger partial charge < -0.3 is 0 Å². The third kappa shape index (κ3) is 4.22. The molecule has 0 aliphatic carbocycles. The van der Waals surface area contributed by atoms with Crippen LogP contribution in [-0.4, -0.2) is 26.9 Å². The van der Waals surface area contributed by atoms with E-state index in [1.165, 1.54) is 4.46 Å². The molecule has 3 heteroatoms. The summed E-state index contributed by atoms with van der Waals surface area (Å²) in [5.74, 6) is 0.120. The van der Waals surface area contributed by atoms with Gasteiger partial charge in [-0.3, -0.25) is 0 Å². The van der Waals surface area contributed by atoms with Crippen molar-refractivity contribution in [1.82, 2.24) is 5.32 Å². The van der Waals surface area contributed by atoms with E-state index in [1.807, 2.05) is 62.4 Å². The molecule has 0 fully saturated rings. The Kier molecular flexibility index (Phi) is 5.39. The second-order valence-corrected chi connectivity index (χ2v) is 7.36. The molecule has 0 unspecified atom stereocenters. The van der Waals surface area contributed by atoms with Crippen LogP contribution < -0.4 is 9.78 Å². The van der Waals surface area contributed by atoms with E-state index in [0.29, 0.717) is 0 Å². The van der Waals surface area contributed by atoms with Gasteiger partial charge in [0.05, 0.1) is 0 Å². The SMILES string of the molecule is CC(C)NC(=O)[C@H]([Se]c1ccccc1)c1ccccc1. The quantitative estimate of drug-likeness (QED) is 0.837. The molecule has 2 rings (SSSR count). The molecular formula is C17H19NOSe. The van der Waals surface area contributed by atoms with Gasteiger partial charge >= 0.3 is 126 Å². The zero-order valence-electron chi connectivity index (χ0n) is 11.7. The summed E-state index contributed by atoms with van der Waals surface area (Å²) in [5.41, 5.74) is 1.09. The summed E-state index contributed by atoms with van der Waals surface area (Å²) >= 11 is 0.0849. The molecule has 1 atom stereocenters. The van der Waals surface area contributed by atoms with Crippen molar-refractivity contribution in [3.63, 3.8) is 0 Å². The van der Waals surface area contributed by atoms with Crippen molar-refractivity contribution in [3.05, 3.63) is 66.2 Å². The van der Waals surface area contributed by atoms with Crippen LogP contribution in [-0.2, 0) is 4.79 Å². The number of hydrogen-bond acceptors (Lipinski definition) is 1. The Bertz CT molecular complexity index is 539. The molecule has 0 saturated carbocycles. The first-order chi connectivity index (χ1) is 9.66. The summed E-state index contributed by atoms with van der Waals surface area (Å²) in [6.07, 6.45) is 0. The van der Waals surface area contributed by atoms with E-state index >= 15 is 0 Å². The van der Waals surface area contributed by atoms with Crippen LogP contribution in [0.3, 0.4) is 0 Å². The van der Waals surface area contributed by atoms with E-state index < -0.39 is 0 Å². The van der Waals surface area contributed by atoms with Gasteiger partial charge in [0.15, 0.2) is 0 Å². The van der Waals surface area contributed by atoms with Gasteiger partial charge in [-0.15, -0.1) is 0 Å². The first-order valence-electron chi connectivity index (χ1n) is 6.74. The zero-order valence-corrected chi connectivity index (χ0v) is 13.5. The Balaban J connectivity index is 2.23. The van der Waals surface area contributed by atoms with Crippen molar-refractivity contribution >= 4 is 25.3 Å². The zero-order chi connectivity index (χ0) is 14.4. The molecule has 0 radical (unpaired) electrons. The summed E-state index contributed by atoms with van der Waals surface area (Å²) in [5, 5.41) is 3.04. The van der Waals surface area contributed by atoms with Gasteiger partial charge in [0.25, 0.3) is 0 Å². The molecule has 2 nitrogen and oxygen atoms in total. The number of carbonyl (C=O) groups is 1. The minimum absolute atomic E-state index is 0.0755. The average molecular weight is 332 g/mol. The Hall–Kier alpha value is -1.57. The summed E-state index contributed by atoms with van der Waals surface area (Å²) in [6.45, 7) is 3.99. The second-order valence-electron chi connectivity index (χ2n) is 4.88. The average Bonchev–Trinajstić information content (AvgIpc) is 2.46. The van der Waals surface area contributed by atoms with Crippen molar-refractivity contribution in [1.29, 1.82) is 0 Å². The Morgan fingerprint density at radius 1 is 0.950 bits per heavy atom. The molecule has 2 aromatic carbocycles. The Labute approximate surface area is 126 Å². The van der Waals surface area contributed by atoms with E-state index in [1.54, 1.807) is 0 Å². The predicted molar refractivity (Wildman–Crippen MR) is 84.3 cm³/mol. The van der Waals surface area contributed by atoms with Gasteiger partial charge in [0.2, 0.25) is 0 Å². The molecule has 0 bridgehead atoms. The van der Waals surface area contributed by atoms with Crippen LogP contribution in [0.15, 0.2) is 60.7 Å². The number of hydrogen-bond donors (Lipinski definition) is 1. The third-order valence-corrected chi connectivity index (χ3v) is 5.43. The summed E-state index contributed by atoms with van der Waals surface area (Å²) in [7, 11) is 0. The van der Waals surface area contributed by atoms with Crippen LogP contribution in [0.2, 0.25) is 0 Å². The van der Waals surface area contributed by atoms with E-state index in [-0.39, 0.29) is 31.7 Å². The summed E-state index contributed by atoms with van der Waals surface area (Å²) < 4.78 is 1.24. The van der Waals surface area contributed by atoms with Gasteiger partial charge in [-0.1, -0.05) is 0 Å². The van der Waals surface area contributed by atoms with Crippen LogP contribution in [0.5, 0.6) is 0 Å². The van der Waals surface area contributed by atoms with Gasteiger partial charge in [-0.2, -0.15) is 0 Å². The third-order valence-electron chi connectivity index (χ3n) is 2.77. The Morgan fingerprint density at radius 2 is 1.50 bits per heavy atom. The van der Waals surface area contributed by atoms with Crippen molar-refractivity contribution in [3.8, 4) is 0 Å². The van der Waals surface area contributed by atoms with Gasteiger partial charge in [-0.05, 0) is 0 Å². The van der Waals surface area contributed by atoms with Gasteiger partial charge in [0, 0.05) is 0 Å². The molecule has 0 spiro atoms. The fourth-order valence-electron chi connectivity index (χ4n) is 1.90. The summed E-state index contributed by atoms with van der Waals surface area (Å²) in [4.78, 5) is 12.4. The first kappa shape index (κ1) is 14.8. The van der Waals surface area contributed by atoms with Crippen molar-refractivity contribution in [2.75, 3.05) is 0 Å². The molecule has 0 aromatic heterocycles. The minimum atomic E-state index is -0.0755. The fourth-order valence-corrected chi connectivity index (χ4v) is 4.11. The number of benzene rings is 2. The van der Waals surface area contributed by atoms with Crippen molar-refractivity contribution < 1.29 is 4.79 Å². The maximum absolute atomic E-state index is 12.5. The topological polar surface area (TPSA) is 29.1 Å². The molecule has 0 aliphatic heterocycles. The molecule has 0 saturated heterocycles. The number of nitrogens with one attached hydrogen (secondary N) is 1. The molecule has 20 heavy (non-hydrogen) atoms. The van der Waals surface area contributed by atoms with E-state index in [2.05, 4.69) is 17.4 Å². The van der Waals surface area contributed by atoms with Gasteiger partial charge in [-0.25, -0.2) is 0 Å². The molecule has 0 heterocycles. The number of carbonyl (C=O) groups excluding carboxylic acids is 1. The molecule has 104 valence electrons. The molecule has 1 amide bonds. The summed E-state index contributed by atoms with van der Waals surface area (Å²) in [6, 6.07) is 20.5. The number of rotatable bonds is 5. The number of amides is 1. The molecule has 1 N–H and O–H groups in total. The molecular weight excluding hydrogens is 313 g/mol. The Morgan fingerprint density at radius 3 is 2.05 bits per heavy atom. The van der Waals surface area contributed by atoms with Crippen LogP contribution >= 0.6 is 0 Å². The maximum atomic E-state index is 12.5. The molecule has 2 aromatic rings. The van der Waals surface area contributed by atoms with E-state index in [4.69, 9.17) is 0 Å². The normalized spacial score (nSPS) is 12.2. The fraction of sp³-hybridized carbons (Fsp3) is 0.235. The monoisotopic (exact) mass is 333 g/mol. The first-order valence-corrected chi connectivity index (χ1v) is 8.58. The van der Waals surface area contributed by atoms with Crippen molar-refractivity contribution in [2.45, 2.75) is 24.7 Å². The van der Waals surface area contributed by atoms with Crippen molar-refractivity contribution in [2.24, 2.45) is 0 Å². The van der Waals surface area contributed by atoms with Crippen LogP contribution in [0.1, 0.15) is 24.2 Å². The van der Waals surface area contributed by atoms with E-state index in [0.717, 1.165) is 5.56 Å². The standard InChI is InChI=1S/C17H19NOSe/c1-13(2)18-17(19)16(14-9-5-3-6-10-14)20-15-11-7-4-8-12-15/h3-13,16H,1-2H3,(H,18,19)/t16-/m1/s1. The van der Waals surface area contributed by atoms with Crippen LogP contribution in [0, 0.1) is 0 Å². The van der Waals surface area contributed by atoms with Gasteiger partial charge in [0.1, 0.15) is 0 Å². The van der Waals surface area contributed by atoms with Crippen LogP contribution in [0.25, 0.3) is 0 Å². The predicted octanol–water partition coefficient (Wildman–Crippen LogP) is 2.28. The second kappa shape index (κ2) is 7.28.